The second-order valence-electron chi connectivity index (χ2n) is 4.46. The average molecular weight is 280 g/mol. The summed E-state index contributed by atoms with van der Waals surface area (Å²) in [6, 6.07) is 5.78. The number of rotatable bonds is 6. The van der Waals surface area contributed by atoms with Crippen molar-refractivity contribution in [1.82, 2.24) is 15.6 Å². The molecule has 0 bridgehead atoms. The fraction of sp³-hybridized carbons (Fsp3) is 0.357. The lowest BCUT2D eigenvalue weighted by Crippen LogP contribution is -2.28. The zero-order valence-electron chi connectivity index (χ0n) is 10.9. The van der Waals surface area contributed by atoms with Gasteiger partial charge >= 0.3 is 0 Å². The number of fused-ring (bicyclic) bond motifs is 1. The molecule has 0 unspecified atom stereocenters. The van der Waals surface area contributed by atoms with Gasteiger partial charge in [0.2, 0.25) is 5.91 Å². The van der Waals surface area contributed by atoms with Crippen LogP contribution in [0.2, 0.25) is 5.02 Å². The fourth-order valence-corrected chi connectivity index (χ4v) is 2.19. The van der Waals surface area contributed by atoms with Gasteiger partial charge in [0.05, 0.1) is 0 Å². The summed E-state index contributed by atoms with van der Waals surface area (Å²) in [5.41, 5.74) is 2.24. The molecule has 19 heavy (non-hydrogen) atoms. The van der Waals surface area contributed by atoms with E-state index in [1.54, 1.807) is 0 Å². The number of nitrogens with one attached hydrogen (secondary N) is 3. The topological polar surface area (TPSA) is 56.9 Å². The van der Waals surface area contributed by atoms with Crippen LogP contribution in [-0.2, 0) is 11.2 Å². The predicted molar refractivity (Wildman–Crippen MR) is 78.6 cm³/mol. The van der Waals surface area contributed by atoms with E-state index in [2.05, 4.69) is 15.6 Å². The average Bonchev–Trinajstić information content (AvgIpc) is 2.79. The van der Waals surface area contributed by atoms with Crippen molar-refractivity contribution >= 4 is 28.4 Å². The first kappa shape index (κ1) is 13.9. The van der Waals surface area contributed by atoms with E-state index in [-0.39, 0.29) is 5.91 Å². The minimum Gasteiger partial charge on any atom is -0.361 e. The first-order valence-electron chi connectivity index (χ1n) is 6.37. The largest absolute Gasteiger partial charge is 0.361 e. The summed E-state index contributed by atoms with van der Waals surface area (Å²) in [5, 5.41) is 7.71. The highest BCUT2D eigenvalue weighted by Gasteiger charge is 2.05. The van der Waals surface area contributed by atoms with Gasteiger partial charge < -0.3 is 15.6 Å². The summed E-state index contributed by atoms with van der Waals surface area (Å²) in [6.45, 7) is 1.34. The normalized spacial score (nSPS) is 10.8. The van der Waals surface area contributed by atoms with Gasteiger partial charge in [0, 0.05) is 41.6 Å². The number of hydrogen-bond acceptors (Lipinski definition) is 2. The van der Waals surface area contributed by atoms with Crippen LogP contribution in [0.5, 0.6) is 0 Å². The van der Waals surface area contributed by atoms with Gasteiger partial charge in [-0.05, 0) is 37.2 Å². The Morgan fingerprint density at radius 2 is 2.21 bits per heavy atom. The molecule has 0 atom stereocenters. The molecule has 0 saturated carbocycles. The van der Waals surface area contributed by atoms with Crippen LogP contribution < -0.4 is 10.6 Å². The molecule has 3 N–H and O–H groups in total. The van der Waals surface area contributed by atoms with Crippen molar-refractivity contribution in [3.8, 4) is 0 Å². The highest BCUT2D eigenvalue weighted by molar-refractivity contribution is 6.31. The molecule has 0 saturated heterocycles. The summed E-state index contributed by atoms with van der Waals surface area (Å²) in [4.78, 5) is 14.7. The number of aromatic nitrogens is 1. The van der Waals surface area contributed by atoms with E-state index in [4.69, 9.17) is 11.6 Å². The van der Waals surface area contributed by atoms with Crippen molar-refractivity contribution in [2.24, 2.45) is 0 Å². The van der Waals surface area contributed by atoms with Gasteiger partial charge in [0.15, 0.2) is 0 Å². The molecule has 2 aromatic rings. The Kier molecular flexibility index (Phi) is 4.82. The number of hydrogen-bond donors (Lipinski definition) is 3. The van der Waals surface area contributed by atoms with Crippen molar-refractivity contribution in [1.29, 1.82) is 0 Å². The van der Waals surface area contributed by atoms with Crippen LogP contribution >= 0.6 is 11.6 Å². The Bertz CT molecular complexity index is 565. The Morgan fingerprint density at radius 1 is 1.37 bits per heavy atom. The second-order valence-corrected chi connectivity index (χ2v) is 4.89. The summed E-state index contributed by atoms with van der Waals surface area (Å²) in [6.07, 6.45) is 3.28. The third kappa shape index (κ3) is 3.72. The summed E-state index contributed by atoms with van der Waals surface area (Å²) in [5.74, 6) is 0.0761. The molecule has 0 radical (unpaired) electrons. The minimum atomic E-state index is 0.0761. The van der Waals surface area contributed by atoms with Crippen molar-refractivity contribution in [2.75, 3.05) is 20.1 Å². The summed E-state index contributed by atoms with van der Waals surface area (Å²) in [7, 11) is 1.84. The van der Waals surface area contributed by atoms with E-state index in [0.29, 0.717) is 19.5 Å². The predicted octanol–water partition coefficient (Wildman–Crippen LogP) is 2.09. The van der Waals surface area contributed by atoms with E-state index in [1.165, 1.54) is 5.56 Å². The molecule has 2 rings (SSSR count). The van der Waals surface area contributed by atoms with E-state index < -0.39 is 0 Å². The maximum atomic E-state index is 11.5. The zero-order chi connectivity index (χ0) is 13.7. The van der Waals surface area contributed by atoms with E-state index in [9.17, 15) is 4.79 Å². The lowest BCUT2D eigenvalue weighted by atomic mass is 10.1. The smallest absolute Gasteiger partial charge is 0.221 e. The summed E-state index contributed by atoms with van der Waals surface area (Å²) < 4.78 is 0. The van der Waals surface area contributed by atoms with Crippen LogP contribution in [0.4, 0.5) is 0 Å². The highest BCUT2D eigenvalue weighted by Crippen LogP contribution is 2.22. The summed E-state index contributed by atoms with van der Waals surface area (Å²) >= 11 is 6.00. The Hall–Kier alpha value is -1.52. The molecular weight excluding hydrogens is 262 g/mol. The SMILES string of the molecule is CNCCC(=O)NCCc1c[nH]c2ccc(Cl)cc12. The first-order valence-corrected chi connectivity index (χ1v) is 6.75. The van der Waals surface area contributed by atoms with Gasteiger partial charge in [-0.15, -0.1) is 0 Å². The Morgan fingerprint density at radius 3 is 3.00 bits per heavy atom. The number of halogens is 1. The maximum absolute atomic E-state index is 11.5. The van der Waals surface area contributed by atoms with Gasteiger partial charge in [-0.25, -0.2) is 0 Å². The van der Waals surface area contributed by atoms with Crippen LogP contribution in [-0.4, -0.2) is 31.0 Å². The standard InChI is InChI=1S/C14H18ClN3O/c1-16-6-5-14(19)17-7-4-10-9-18-13-3-2-11(15)8-12(10)13/h2-3,8-9,16,18H,4-7H2,1H3,(H,17,19). The molecule has 1 amide bonds. The molecule has 1 aromatic heterocycles. The molecule has 0 aliphatic heterocycles. The molecule has 4 nitrogen and oxygen atoms in total. The molecule has 1 heterocycles. The quantitative estimate of drug-likeness (QED) is 0.758. The number of amides is 1. The first-order chi connectivity index (χ1) is 9.20. The molecule has 0 spiro atoms. The van der Waals surface area contributed by atoms with Gasteiger partial charge in [-0.1, -0.05) is 11.6 Å². The van der Waals surface area contributed by atoms with Crippen LogP contribution in [0.3, 0.4) is 0 Å². The van der Waals surface area contributed by atoms with Gasteiger partial charge in [-0.2, -0.15) is 0 Å². The minimum absolute atomic E-state index is 0.0761. The Balaban J connectivity index is 1.91. The van der Waals surface area contributed by atoms with E-state index in [1.807, 2.05) is 31.4 Å². The molecule has 0 aliphatic rings. The van der Waals surface area contributed by atoms with Crippen molar-refractivity contribution in [3.63, 3.8) is 0 Å². The van der Waals surface area contributed by atoms with Crippen molar-refractivity contribution in [3.05, 3.63) is 35.0 Å². The third-order valence-corrected chi connectivity index (χ3v) is 3.28. The Labute approximate surface area is 117 Å². The number of H-pyrrole nitrogens is 1. The molecule has 0 aliphatic carbocycles. The zero-order valence-corrected chi connectivity index (χ0v) is 11.7. The van der Waals surface area contributed by atoms with Gasteiger partial charge in [-0.3, -0.25) is 4.79 Å². The lowest BCUT2D eigenvalue weighted by Gasteiger charge is -2.04. The fourth-order valence-electron chi connectivity index (χ4n) is 2.02. The highest BCUT2D eigenvalue weighted by atomic mass is 35.5. The van der Waals surface area contributed by atoms with Crippen molar-refractivity contribution in [2.45, 2.75) is 12.8 Å². The molecular formula is C14H18ClN3O. The van der Waals surface area contributed by atoms with Crippen LogP contribution in [0.15, 0.2) is 24.4 Å². The number of aromatic amines is 1. The number of benzene rings is 1. The van der Waals surface area contributed by atoms with E-state index >= 15 is 0 Å². The van der Waals surface area contributed by atoms with Crippen LogP contribution in [0.25, 0.3) is 10.9 Å². The molecule has 102 valence electrons. The van der Waals surface area contributed by atoms with Crippen molar-refractivity contribution < 1.29 is 4.79 Å². The second kappa shape index (κ2) is 6.59. The van der Waals surface area contributed by atoms with Crippen LogP contribution in [0, 0.1) is 0 Å². The molecule has 5 heteroatoms. The van der Waals surface area contributed by atoms with E-state index in [0.717, 1.165) is 22.3 Å². The van der Waals surface area contributed by atoms with Gasteiger partial charge in [0.1, 0.15) is 0 Å². The van der Waals surface area contributed by atoms with Crippen LogP contribution in [0.1, 0.15) is 12.0 Å². The number of carbonyl (C=O) groups excluding carboxylic acids is 1. The maximum Gasteiger partial charge on any atom is 0.221 e. The van der Waals surface area contributed by atoms with Gasteiger partial charge in [0.25, 0.3) is 0 Å². The molecule has 1 aromatic carbocycles. The lowest BCUT2D eigenvalue weighted by molar-refractivity contribution is -0.120. The molecule has 0 fully saturated rings. The monoisotopic (exact) mass is 279 g/mol. The number of carbonyl (C=O) groups is 1. The third-order valence-electron chi connectivity index (χ3n) is 3.05.